The van der Waals surface area contributed by atoms with E-state index in [2.05, 4.69) is 50.9 Å². The summed E-state index contributed by atoms with van der Waals surface area (Å²) in [6.07, 6.45) is 9.96. The van der Waals surface area contributed by atoms with Crippen LogP contribution in [0.15, 0.2) is 48.7 Å². The van der Waals surface area contributed by atoms with Crippen molar-refractivity contribution in [2.45, 2.75) is 71.8 Å². The van der Waals surface area contributed by atoms with Crippen molar-refractivity contribution in [1.82, 2.24) is 29.9 Å². The second-order valence-corrected chi connectivity index (χ2v) is 15.5. The van der Waals surface area contributed by atoms with Crippen LogP contribution in [0.4, 0.5) is 22.6 Å². The number of nitrogens with one attached hydrogen (secondary N) is 1. The average Bonchev–Trinajstić information content (AvgIpc) is 3.61. The van der Waals surface area contributed by atoms with Gasteiger partial charge in [0.05, 0.1) is 16.4 Å². The van der Waals surface area contributed by atoms with Crippen molar-refractivity contribution >= 4 is 50.1 Å². The number of aromatic carboxylic acids is 1. The highest BCUT2D eigenvalue weighted by Crippen LogP contribution is 2.60. The summed E-state index contributed by atoms with van der Waals surface area (Å²) in [5, 5.41) is 28.2. The van der Waals surface area contributed by atoms with Crippen LogP contribution in [0.5, 0.6) is 0 Å². The number of thiazole rings is 1. The van der Waals surface area contributed by atoms with Gasteiger partial charge >= 0.3 is 5.97 Å². The summed E-state index contributed by atoms with van der Waals surface area (Å²) >= 11 is 1.56. The number of hydrogen-bond donors (Lipinski definition) is 2. The van der Waals surface area contributed by atoms with Crippen molar-refractivity contribution in [1.29, 1.82) is 0 Å². The van der Waals surface area contributed by atoms with Gasteiger partial charge in [-0.2, -0.15) is 5.10 Å². The molecule has 4 bridgehead atoms. The van der Waals surface area contributed by atoms with Crippen molar-refractivity contribution in [3.63, 3.8) is 0 Å². The van der Waals surface area contributed by atoms with Gasteiger partial charge in [0.2, 0.25) is 0 Å². The maximum absolute atomic E-state index is 12.6. The molecule has 0 radical (unpaired) electrons. The van der Waals surface area contributed by atoms with Crippen LogP contribution in [0.25, 0.3) is 21.3 Å². The first-order valence-corrected chi connectivity index (χ1v) is 17.5. The van der Waals surface area contributed by atoms with Gasteiger partial charge in [0.1, 0.15) is 5.82 Å². The SMILES string of the molecule is Cc1c(-c2ccc(N(C)c3nnc(Nc4nc5ccccc5s4)cc3C(C)C)nc2C(=O)O)cnn1CC12CC3CC(CC(C3)C1)C2. The number of aromatic nitrogens is 6. The summed E-state index contributed by atoms with van der Waals surface area (Å²) in [5.41, 5.74) is 4.61. The molecule has 0 aliphatic heterocycles. The van der Waals surface area contributed by atoms with E-state index < -0.39 is 5.97 Å². The number of benzene rings is 1. The van der Waals surface area contributed by atoms with Crippen LogP contribution in [0, 0.1) is 30.1 Å². The van der Waals surface area contributed by atoms with E-state index in [1.807, 2.05) is 60.6 Å². The molecule has 2 N–H and O–H groups in total. The lowest BCUT2D eigenvalue weighted by Gasteiger charge is -2.56. The number of carboxylic acid groups (broad SMARTS) is 1. The molecule has 4 aliphatic carbocycles. The zero-order chi connectivity index (χ0) is 32.4. The Morgan fingerprint density at radius 3 is 2.45 bits per heavy atom. The number of hydrogen-bond acceptors (Lipinski definition) is 9. The Hall–Kier alpha value is -4.38. The monoisotopic (exact) mass is 648 g/mol. The number of rotatable bonds is 9. The summed E-state index contributed by atoms with van der Waals surface area (Å²) in [5.74, 6) is 3.36. The molecule has 4 saturated carbocycles. The minimum Gasteiger partial charge on any atom is -0.476 e. The Labute approximate surface area is 278 Å². The highest BCUT2D eigenvalue weighted by Gasteiger charge is 2.51. The first-order valence-electron chi connectivity index (χ1n) is 16.7. The number of anilines is 4. The van der Waals surface area contributed by atoms with Crippen LogP contribution >= 0.6 is 11.3 Å². The third kappa shape index (κ3) is 5.44. The quantitative estimate of drug-likeness (QED) is 0.163. The van der Waals surface area contributed by atoms with Gasteiger partial charge in [0, 0.05) is 36.0 Å². The van der Waals surface area contributed by atoms with Crippen molar-refractivity contribution in [3.05, 3.63) is 65.6 Å². The van der Waals surface area contributed by atoms with Crippen molar-refractivity contribution in [2.24, 2.45) is 23.2 Å². The maximum Gasteiger partial charge on any atom is 0.355 e. The Balaban J connectivity index is 1.06. The lowest BCUT2D eigenvalue weighted by molar-refractivity contribution is -0.0638. The molecule has 10 nitrogen and oxygen atoms in total. The molecule has 47 heavy (non-hydrogen) atoms. The van der Waals surface area contributed by atoms with Crippen molar-refractivity contribution < 1.29 is 9.90 Å². The predicted molar refractivity (Wildman–Crippen MR) is 185 cm³/mol. The molecule has 1 aromatic carbocycles. The highest BCUT2D eigenvalue weighted by molar-refractivity contribution is 7.22. The molecule has 4 fully saturated rings. The number of pyridine rings is 1. The molecule has 0 spiro atoms. The predicted octanol–water partition coefficient (Wildman–Crippen LogP) is 8.20. The molecule has 0 saturated heterocycles. The summed E-state index contributed by atoms with van der Waals surface area (Å²) in [4.78, 5) is 23.8. The molecule has 4 heterocycles. The van der Waals surface area contributed by atoms with Gasteiger partial charge in [-0.15, -0.1) is 10.2 Å². The van der Waals surface area contributed by atoms with Crippen LogP contribution in [-0.2, 0) is 6.54 Å². The molecule has 0 amide bonds. The largest absolute Gasteiger partial charge is 0.476 e. The molecule has 4 aliphatic rings. The lowest BCUT2D eigenvalue weighted by Crippen LogP contribution is -2.48. The van der Waals surface area contributed by atoms with Gasteiger partial charge in [-0.1, -0.05) is 37.3 Å². The summed E-state index contributed by atoms with van der Waals surface area (Å²) in [7, 11) is 1.85. The first kappa shape index (κ1) is 30.0. The molecule has 11 heteroatoms. The lowest BCUT2D eigenvalue weighted by atomic mass is 9.49. The Morgan fingerprint density at radius 2 is 1.77 bits per heavy atom. The normalized spacial score (nSPS) is 23.1. The van der Waals surface area contributed by atoms with Crippen LogP contribution in [-0.4, -0.2) is 48.1 Å². The molecular weight excluding hydrogens is 609 g/mol. The van der Waals surface area contributed by atoms with Gasteiger partial charge in [0.15, 0.2) is 22.5 Å². The van der Waals surface area contributed by atoms with Crippen LogP contribution in [0.1, 0.15) is 80.0 Å². The third-order valence-electron chi connectivity index (χ3n) is 10.7. The van der Waals surface area contributed by atoms with Crippen LogP contribution in [0.2, 0.25) is 0 Å². The Kier molecular flexibility index (Phi) is 7.27. The number of carbonyl (C=O) groups is 1. The summed E-state index contributed by atoms with van der Waals surface area (Å²) in [6.45, 7) is 7.17. The Bertz CT molecular complexity index is 1930. The van der Waals surface area contributed by atoms with E-state index in [-0.39, 0.29) is 11.6 Å². The second-order valence-electron chi connectivity index (χ2n) is 14.4. The fourth-order valence-corrected chi connectivity index (χ4v) is 9.85. The molecule has 4 aromatic heterocycles. The summed E-state index contributed by atoms with van der Waals surface area (Å²) in [6, 6.07) is 13.7. The van der Waals surface area contributed by atoms with Crippen molar-refractivity contribution in [2.75, 3.05) is 17.3 Å². The van der Waals surface area contributed by atoms with Crippen molar-refractivity contribution in [3.8, 4) is 11.1 Å². The summed E-state index contributed by atoms with van der Waals surface area (Å²) < 4.78 is 3.22. The standard InChI is InChI=1S/C36H40N8O2S/c1-20(2)26-14-30(39-35-38-28-7-5-6-8-29(28)47-35)41-42-33(26)43(4)31-10-9-25(32(40-31)34(45)46)27-18-37-44(21(27)3)19-36-15-22-11-23(16-36)13-24(12-22)17-36/h5-10,14,18,20,22-24H,11-13,15-17,19H2,1-4H3,(H,45,46)(H,38,39,41). The molecule has 0 unspecified atom stereocenters. The molecule has 0 atom stereocenters. The average molecular weight is 649 g/mol. The van der Waals surface area contributed by atoms with Crippen LogP contribution < -0.4 is 10.2 Å². The fourth-order valence-electron chi connectivity index (χ4n) is 8.98. The zero-order valence-corrected chi connectivity index (χ0v) is 28.1. The minimum atomic E-state index is -1.07. The molecule has 9 rings (SSSR count). The molecule has 5 aromatic rings. The number of para-hydroxylation sites is 1. The van der Waals surface area contributed by atoms with Crippen LogP contribution in [0.3, 0.4) is 0 Å². The number of nitrogens with zero attached hydrogens (tertiary/aromatic N) is 7. The van der Waals surface area contributed by atoms with Gasteiger partial charge < -0.3 is 15.3 Å². The van der Waals surface area contributed by atoms with Gasteiger partial charge in [-0.25, -0.2) is 14.8 Å². The van der Waals surface area contributed by atoms with Gasteiger partial charge in [0.25, 0.3) is 0 Å². The third-order valence-corrected chi connectivity index (χ3v) is 11.7. The maximum atomic E-state index is 12.6. The Morgan fingerprint density at radius 1 is 1.04 bits per heavy atom. The number of fused-ring (bicyclic) bond motifs is 1. The van der Waals surface area contributed by atoms with Gasteiger partial charge in [-0.3, -0.25) is 4.68 Å². The first-order chi connectivity index (χ1) is 22.6. The topological polar surface area (TPSA) is 122 Å². The fraction of sp³-hybridized carbons (Fsp3) is 0.444. The van der Waals surface area contributed by atoms with E-state index in [1.165, 1.54) is 38.5 Å². The van der Waals surface area contributed by atoms with E-state index >= 15 is 0 Å². The van der Waals surface area contributed by atoms with E-state index in [4.69, 9.17) is 5.10 Å². The van der Waals surface area contributed by atoms with E-state index in [1.54, 1.807) is 11.3 Å². The van der Waals surface area contributed by atoms with E-state index in [9.17, 15) is 9.90 Å². The van der Waals surface area contributed by atoms with E-state index in [0.29, 0.717) is 28.4 Å². The molecule has 242 valence electrons. The zero-order valence-electron chi connectivity index (χ0n) is 27.3. The smallest absolute Gasteiger partial charge is 0.355 e. The minimum absolute atomic E-state index is 0.0000154. The van der Waals surface area contributed by atoms with E-state index in [0.717, 1.165) is 56.5 Å². The molecular formula is C36H40N8O2S. The number of carboxylic acids is 1. The van der Waals surface area contributed by atoms with Gasteiger partial charge in [-0.05, 0) is 105 Å². The highest BCUT2D eigenvalue weighted by atomic mass is 32.1. The second kappa shape index (κ2) is 11.4.